The van der Waals surface area contributed by atoms with Crippen molar-refractivity contribution in [3.05, 3.63) is 12.7 Å². The fraction of sp³-hybridized carbons (Fsp3) is 0.700. The molecule has 17 heavy (non-hydrogen) atoms. The van der Waals surface area contributed by atoms with E-state index in [4.69, 9.17) is 11.6 Å². The minimum atomic E-state index is -3.70. The largest absolute Gasteiger partial charge is 0.468 e. The van der Waals surface area contributed by atoms with Crippen molar-refractivity contribution in [2.24, 2.45) is 5.92 Å². The number of rotatable bonds is 7. The molecule has 0 aliphatic heterocycles. The molecule has 0 aliphatic carbocycles. The van der Waals surface area contributed by atoms with Crippen molar-refractivity contribution < 1.29 is 17.9 Å². The van der Waals surface area contributed by atoms with E-state index < -0.39 is 27.2 Å². The molecule has 0 heterocycles. The lowest BCUT2D eigenvalue weighted by atomic mass is 10.0. The highest BCUT2D eigenvalue weighted by atomic mass is 35.5. The number of ether oxygens (including phenoxy) is 1. The van der Waals surface area contributed by atoms with Crippen LogP contribution in [0.15, 0.2) is 12.7 Å². The summed E-state index contributed by atoms with van der Waals surface area (Å²) in [7, 11) is -2.48. The second kappa shape index (κ2) is 6.98. The number of carbonyl (C=O) groups is 1. The third-order valence-electron chi connectivity index (χ3n) is 2.19. The van der Waals surface area contributed by atoms with Gasteiger partial charge in [0.05, 0.1) is 7.11 Å². The van der Waals surface area contributed by atoms with Crippen molar-refractivity contribution in [1.82, 2.24) is 4.31 Å². The van der Waals surface area contributed by atoms with Crippen LogP contribution in [0.4, 0.5) is 0 Å². The lowest BCUT2D eigenvalue weighted by Gasteiger charge is -2.29. The van der Waals surface area contributed by atoms with Crippen LogP contribution in [0.25, 0.3) is 0 Å². The molecule has 0 unspecified atom stereocenters. The smallest absolute Gasteiger partial charge is 0.324 e. The Bertz CT molecular complexity index is 367. The molecule has 0 radical (unpaired) electrons. The number of alkyl halides is 1. The number of carbonyl (C=O) groups excluding carboxylic acids is 1. The molecule has 1 atom stereocenters. The van der Waals surface area contributed by atoms with Gasteiger partial charge in [-0.2, -0.15) is 4.31 Å². The number of hydrogen-bond donors (Lipinski definition) is 0. The summed E-state index contributed by atoms with van der Waals surface area (Å²) in [4.78, 5) is 11.6. The molecule has 0 rings (SSSR count). The van der Waals surface area contributed by atoms with Gasteiger partial charge < -0.3 is 4.74 Å². The molecule has 0 N–H and O–H groups in total. The Morgan fingerprint density at radius 2 is 2.06 bits per heavy atom. The van der Waals surface area contributed by atoms with E-state index >= 15 is 0 Å². The van der Waals surface area contributed by atoms with Crippen LogP contribution >= 0.6 is 11.6 Å². The van der Waals surface area contributed by atoms with Crippen molar-refractivity contribution in [3.8, 4) is 0 Å². The summed E-state index contributed by atoms with van der Waals surface area (Å²) in [5, 5.41) is -0.582. The predicted molar refractivity (Wildman–Crippen MR) is 67.2 cm³/mol. The predicted octanol–water partition coefficient (Wildman–Crippen LogP) is 1.20. The van der Waals surface area contributed by atoms with Crippen LogP contribution in [0.3, 0.4) is 0 Å². The first-order chi connectivity index (χ1) is 7.81. The van der Waals surface area contributed by atoms with Crippen molar-refractivity contribution in [1.29, 1.82) is 0 Å². The zero-order valence-corrected chi connectivity index (χ0v) is 11.8. The maximum atomic E-state index is 11.8. The maximum absolute atomic E-state index is 11.8. The van der Waals surface area contributed by atoms with Gasteiger partial charge in [-0.15, -0.1) is 18.2 Å². The number of hydrogen-bond acceptors (Lipinski definition) is 4. The molecular weight excluding hydrogens is 266 g/mol. The van der Waals surface area contributed by atoms with Gasteiger partial charge >= 0.3 is 5.97 Å². The number of halogens is 1. The Morgan fingerprint density at radius 3 is 2.35 bits per heavy atom. The number of nitrogens with zero attached hydrogens (tertiary/aromatic N) is 1. The SMILES string of the molecule is C=CCN([C@@H](C(=O)OC)C(C)C)S(=O)(=O)CCl. The Labute approximate surface area is 107 Å². The molecule has 5 nitrogen and oxygen atoms in total. The Hall–Kier alpha value is -0.590. The van der Waals surface area contributed by atoms with E-state index in [1.54, 1.807) is 13.8 Å². The fourth-order valence-electron chi connectivity index (χ4n) is 1.43. The van der Waals surface area contributed by atoms with Gasteiger partial charge in [-0.3, -0.25) is 4.79 Å². The minimum absolute atomic E-state index is 0.0208. The molecule has 0 bridgehead atoms. The summed E-state index contributed by atoms with van der Waals surface area (Å²) in [6, 6.07) is -0.887. The second-order valence-corrected chi connectivity index (χ2v) is 6.30. The van der Waals surface area contributed by atoms with Crippen LogP contribution < -0.4 is 0 Å². The topological polar surface area (TPSA) is 63.7 Å². The molecule has 0 aromatic heterocycles. The molecule has 0 saturated carbocycles. The molecule has 0 aliphatic rings. The van der Waals surface area contributed by atoms with E-state index in [-0.39, 0.29) is 12.5 Å². The zero-order chi connectivity index (χ0) is 13.6. The monoisotopic (exact) mass is 283 g/mol. The van der Waals surface area contributed by atoms with E-state index in [0.717, 1.165) is 4.31 Å². The molecule has 100 valence electrons. The van der Waals surface area contributed by atoms with Crippen LogP contribution in [0.1, 0.15) is 13.8 Å². The molecule has 0 saturated heterocycles. The first kappa shape index (κ1) is 16.4. The number of esters is 1. The van der Waals surface area contributed by atoms with E-state index in [1.807, 2.05) is 0 Å². The quantitative estimate of drug-likeness (QED) is 0.400. The van der Waals surface area contributed by atoms with Crippen molar-refractivity contribution in [3.63, 3.8) is 0 Å². The first-order valence-corrected chi connectivity index (χ1v) is 7.20. The minimum Gasteiger partial charge on any atom is -0.468 e. The van der Waals surface area contributed by atoms with Crippen LogP contribution in [-0.4, -0.2) is 43.6 Å². The summed E-state index contributed by atoms with van der Waals surface area (Å²) >= 11 is 5.40. The van der Waals surface area contributed by atoms with Crippen LogP contribution in [-0.2, 0) is 19.6 Å². The average Bonchev–Trinajstić information content (AvgIpc) is 2.27. The highest BCUT2D eigenvalue weighted by molar-refractivity contribution is 7.90. The number of sulfonamides is 1. The van der Waals surface area contributed by atoms with Crippen molar-refractivity contribution >= 4 is 27.6 Å². The van der Waals surface area contributed by atoms with Crippen molar-refractivity contribution in [2.45, 2.75) is 19.9 Å². The molecule has 0 aromatic carbocycles. The fourth-order valence-corrected chi connectivity index (χ4v) is 2.94. The lowest BCUT2D eigenvalue weighted by Crippen LogP contribution is -2.48. The van der Waals surface area contributed by atoms with Gasteiger partial charge in [-0.05, 0) is 5.92 Å². The van der Waals surface area contributed by atoms with Gasteiger partial charge in [-0.1, -0.05) is 19.9 Å². The lowest BCUT2D eigenvalue weighted by molar-refractivity contribution is -0.146. The molecule has 0 fully saturated rings. The van der Waals surface area contributed by atoms with E-state index in [2.05, 4.69) is 11.3 Å². The van der Waals surface area contributed by atoms with E-state index in [0.29, 0.717) is 0 Å². The second-order valence-electron chi connectivity index (χ2n) is 3.79. The maximum Gasteiger partial charge on any atom is 0.324 e. The van der Waals surface area contributed by atoms with Gasteiger partial charge in [0.15, 0.2) is 0 Å². The van der Waals surface area contributed by atoms with Gasteiger partial charge in [0.25, 0.3) is 0 Å². The molecular formula is C10H18ClNO4S. The van der Waals surface area contributed by atoms with Crippen molar-refractivity contribution in [2.75, 3.05) is 18.9 Å². The summed E-state index contributed by atoms with van der Waals surface area (Å²) in [6.45, 7) is 6.97. The third-order valence-corrected chi connectivity index (χ3v) is 4.38. The summed E-state index contributed by atoms with van der Waals surface area (Å²) in [5.41, 5.74) is 0. The van der Waals surface area contributed by atoms with E-state index in [1.165, 1.54) is 13.2 Å². The van der Waals surface area contributed by atoms with Crippen LogP contribution in [0, 0.1) is 5.92 Å². The molecule has 0 aromatic rings. The summed E-state index contributed by atoms with van der Waals surface area (Å²) < 4.78 is 29.2. The highest BCUT2D eigenvalue weighted by Gasteiger charge is 2.36. The third kappa shape index (κ3) is 4.29. The van der Waals surface area contributed by atoms with Gasteiger partial charge in [0.1, 0.15) is 11.3 Å². The first-order valence-electron chi connectivity index (χ1n) is 5.06. The Morgan fingerprint density at radius 1 is 1.53 bits per heavy atom. The Kier molecular flexibility index (Phi) is 6.74. The highest BCUT2D eigenvalue weighted by Crippen LogP contribution is 2.18. The zero-order valence-electron chi connectivity index (χ0n) is 10.2. The average molecular weight is 284 g/mol. The summed E-state index contributed by atoms with van der Waals surface area (Å²) in [6.07, 6.45) is 1.41. The normalized spacial score (nSPS) is 13.8. The number of methoxy groups -OCH3 is 1. The van der Waals surface area contributed by atoms with Gasteiger partial charge in [0, 0.05) is 6.54 Å². The van der Waals surface area contributed by atoms with Gasteiger partial charge in [0.2, 0.25) is 10.0 Å². The Balaban J connectivity index is 5.39. The molecule has 0 amide bonds. The summed E-state index contributed by atoms with van der Waals surface area (Å²) in [5.74, 6) is -0.823. The van der Waals surface area contributed by atoms with Gasteiger partial charge in [-0.25, -0.2) is 8.42 Å². The van der Waals surface area contributed by atoms with Crippen LogP contribution in [0.2, 0.25) is 0 Å². The van der Waals surface area contributed by atoms with Crippen LogP contribution in [0.5, 0.6) is 0 Å². The van der Waals surface area contributed by atoms with E-state index in [9.17, 15) is 13.2 Å². The molecule has 0 spiro atoms. The standard InChI is InChI=1S/C10H18ClNO4S/c1-5-6-12(17(14,15)7-11)9(8(2)3)10(13)16-4/h5,8-9H,1,6-7H2,2-4H3/t9-/m1/s1. The molecule has 7 heteroatoms.